The first-order valence-corrected chi connectivity index (χ1v) is 14.8. The second-order valence-corrected chi connectivity index (χ2v) is 11.5. The molecule has 0 unspecified atom stereocenters. The number of hydrogen-bond acceptors (Lipinski definition) is 3. The quantitative estimate of drug-likeness (QED) is 0.205. The summed E-state index contributed by atoms with van der Waals surface area (Å²) < 4.78 is 2.62. The molecule has 1 heterocycles. The molecule has 3 heteroatoms. The summed E-state index contributed by atoms with van der Waals surface area (Å²) in [6.45, 7) is 4.45. The van der Waals surface area contributed by atoms with Crippen molar-refractivity contribution in [3.8, 4) is 0 Å². The Bertz CT molecular complexity index is 1720. The first-order chi connectivity index (χ1) is 20.2. The zero-order valence-corrected chi connectivity index (χ0v) is 24.0. The summed E-state index contributed by atoms with van der Waals surface area (Å²) in [5.41, 5.74) is 9.49. The van der Waals surface area contributed by atoms with E-state index in [1.54, 1.807) is 0 Å². The van der Waals surface area contributed by atoms with Gasteiger partial charge in [-0.15, -0.1) is 11.3 Å². The number of nitrogens with zero attached hydrogens (tertiary/aromatic N) is 2. The topological polar surface area (TPSA) is 6.48 Å². The molecular formula is C38H30N2S. The molecule has 2 nitrogen and oxygen atoms in total. The van der Waals surface area contributed by atoms with Crippen LogP contribution in [0.5, 0.6) is 0 Å². The van der Waals surface area contributed by atoms with Crippen LogP contribution in [0.1, 0.15) is 11.1 Å². The van der Waals surface area contributed by atoms with Gasteiger partial charge in [-0.3, -0.25) is 0 Å². The van der Waals surface area contributed by atoms with E-state index < -0.39 is 0 Å². The number of rotatable bonds is 6. The average Bonchev–Trinajstić information content (AvgIpc) is 3.35. The highest BCUT2D eigenvalue weighted by Crippen LogP contribution is 2.45. The van der Waals surface area contributed by atoms with Crippen LogP contribution in [0.2, 0.25) is 0 Å². The Morgan fingerprint density at radius 3 is 0.976 bits per heavy atom. The summed E-state index contributed by atoms with van der Waals surface area (Å²) in [7, 11) is 0. The molecule has 0 bridgehead atoms. The Balaban J connectivity index is 1.46. The summed E-state index contributed by atoms with van der Waals surface area (Å²) >= 11 is 1.88. The van der Waals surface area contributed by atoms with E-state index in [2.05, 4.69) is 169 Å². The van der Waals surface area contributed by atoms with E-state index in [1.165, 1.54) is 42.7 Å². The predicted molar refractivity (Wildman–Crippen MR) is 178 cm³/mol. The second-order valence-electron chi connectivity index (χ2n) is 10.4. The van der Waals surface area contributed by atoms with E-state index in [0.29, 0.717) is 0 Å². The summed E-state index contributed by atoms with van der Waals surface area (Å²) in [6.07, 6.45) is 0. The number of thiophene rings is 1. The van der Waals surface area contributed by atoms with Gasteiger partial charge in [-0.2, -0.15) is 0 Å². The van der Waals surface area contributed by atoms with Crippen molar-refractivity contribution in [2.75, 3.05) is 9.80 Å². The van der Waals surface area contributed by atoms with Crippen molar-refractivity contribution in [3.63, 3.8) is 0 Å². The third kappa shape index (κ3) is 4.65. The molecule has 7 aromatic rings. The predicted octanol–water partition coefficient (Wildman–Crippen LogP) is 11.6. The van der Waals surface area contributed by atoms with Gasteiger partial charge in [0.2, 0.25) is 0 Å². The molecule has 0 N–H and O–H groups in total. The van der Waals surface area contributed by atoms with Crippen molar-refractivity contribution in [2.45, 2.75) is 13.8 Å². The van der Waals surface area contributed by atoms with Crippen LogP contribution in [0.4, 0.5) is 34.1 Å². The molecule has 0 fully saturated rings. The highest BCUT2D eigenvalue weighted by Gasteiger charge is 2.20. The molecule has 41 heavy (non-hydrogen) atoms. The first-order valence-electron chi connectivity index (χ1n) is 14.0. The Kier molecular flexibility index (Phi) is 6.50. The van der Waals surface area contributed by atoms with Crippen LogP contribution >= 0.6 is 11.3 Å². The molecule has 1 aromatic heterocycles. The van der Waals surface area contributed by atoms with Crippen LogP contribution in [-0.2, 0) is 0 Å². The van der Waals surface area contributed by atoms with Crippen molar-refractivity contribution in [2.24, 2.45) is 0 Å². The molecule has 0 aliphatic rings. The van der Waals surface area contributed by atoms with Gasteiger partial charge in [0.05, 0.1) is 0 Å². The number of para-hydroxylation sites is 4. The summed E-state index contributed by atoms with van der Waals surface area (Å²) in [5, 5.41) is 2.56. The molecule has 0 radical (unpaired) electrons. The minimum Gasteiger partial charge on any atom is -0.310 e. The van der Waals surface area contributed by atoms with E-state index in [9.17, 15) is 0 Å². The maximum atomic E-state index is 2.39. The molecule has 7 rings (SSSR count). The van der Waals surface area contributed by atoms with Crippen molar-refractivity contribution in [3.05, 3.63) is 157 Å². The molecule has 0 saturated carbocycles. The van der Waals surface area contributed by atoms with Gasteiger partial charge in [-0.25, -0.2) is 0 Å². The van der Waals surface area contributed by atoms with Crippen molar-refractivity contribution < 1.29 is 0 Å². The summed E-state index contributed by atoms with van der Waals surface area (Å²) in [5.74, 6) is 0. The third-order valence-electron chi connectivity index (χ3n) is 7.65. The Hall–Kier alpha value is -4.86. The van der Waals surface area contributed by atoms with Crippen molar-refractivity contribution >= 4 is 65.6 Å². The molecule has 0 aliphatic carbocycles. The monoisotopic (exact) mass is 546 g/mol. The molecule has 198 valence electrons. The SMILES string of the molecule is Cc1cc2sc3cc(C)c(N(c4ccccc4)c4ccccc4)cc3c2cc1N(c1ccccc1)c1ccccc1. The number of fused-ring (bicyclic) bond motifs is 3. The molecular weight excluding hydrogens is 516 g/mol. The molecule has 0 aliphatic heterocycles. The van der Waals surface area contributed by atoms with E-state index >= 15 is 0 Å². The van der Waals surface area contributed by atoms with Crippen LogP contribution in [0, 0.1) is 13.8 Å². The van der Waals surface area contributed by atoms with Gasteiger partial charge in [0, 0.05) is 54.3 Å². The van der Waals surface area contributed by atoms with E-state index in [-0.39, 0.29) is 0 Å². The largest absolute Gasteiger partial charge is 0.310 e. The van der Waals surface area contributed by atoms with Crippen LogP contribution in [0.25, 0.3) is 20.2 Å². The fourth-order valence-corrected chi connectivity index (χ4v) is 6.96. The van der Waals surface area contributed by atoms with E-state index in [1.807, 2.05) is 11.3 Å². The number of hydrogen-bond donors (Lipinski definition) is 0. The van der Waals surface area contributed by atoms with Gasteiger partial charge in [0.15, 0.2) is 0 Å². The number of benzene rings is 6. The Labute approximate surface area is 245 Å². The highest BCUT2D eigenvalue weighted by atomic mass is 32.1. The smallest absolute Gasteiger partial charge is 0.0497 e. The third-order valence-corrected chi connectivity index (χ3v) is 8.76. The average molecular weight is 547 g/mol. The lowest BCUT2D eigenvalue weighted by molar-refractivity contribution is 1.26. The lowest BCUT2D eigenvalue weighted by Gasteiger charge is -2.27. The lowest BCUT2D eigenvalue weighted by atomic mass is 10.0. The van der Waals surface area contributed by atoms with Gasteiger partial charge in [-0.05, 0) is 97.8 Å². The maximum absolute atomic E-state index is 2.39. The van der Waals surface area contributed by atoms with Gasteiger partial charge < -0.3 is 9.80 Å². The fraction of sp³-hybridized carbons (Fsp3) is 0.0526. The lowest BCUT2D eigenvalue weighted by Crippen LogP contribution is -2.11. The minimum absolute atomic E-state index is 1.15. The van der Waals surface area contributed by atoms with Crippen LogP contribution in [0.3, 0.4) is 0 Å². The van der Waals surface area contributed by atoms with Gasteiger partial charge >= 0.3 is 0 Å². The van der Waals surface area contributed by atoms with E-state index in [0.717, 1.165) is 22.7 Å². The standard InChI is InChI=1S/C38H30N2S/c1-27-23-37-33(25-35(27)39(29-15-7-3-8-16-29)30-17-9-4-10-18-30)34-26-36(28(2)24-38(34)41-37)40(31-19-11-5-12-20-31)32-21-13-6-14-22-32/h3-26H,1-2H3. The van der Waals surface area contributed by atoms with Crippen LogP contribution in [-0.4, -0.2) is 0 Å². The molecule has 6 aromatic carbocycles. The normalized spacial score (nSPS) is 11.2. The van der Waals surface area contributed by atoms with Gasteiger partial charge in [0.1, 0.15) is 0 Å². The van der Waals surface area contributed by atoms with Crippen molar-refractivity contribution in [1.29, 1.82) is 0 Å². The van der Waals surface area contributed by atoms with Gasteiger partial charge in [0.25, 0.3) is 0 Å². The Morgan fingerprint density at radius 1 is 0.390 bits per heavy atom. The summed E-state index contributed by atoms with van der Waals surface area (Å²) in [4.78, 5) is 4.74. The minimum atomic E-state index is 1.15. The zero-order valence-electron chi connectivity index (χ0n) is 23.2. The maximum Gasteiger partial charge on any atom is 0.0497 e. The van der Waals surface area contributed by atoms with E-state index in [4.69, 9.17) is 0 Å². The van der Waals surface area contributed by atoms with Gasteiger partial charge in [-0.1, -0.05) is 72.8 Å². The second kappa shape index (κ2) is 10.6. The Morgan fingerprint density at radius 2 is 0.683 bits per heavy atom. The van der Waals surface area contributed by atoms with Crippen molar-refractivity contribution in [1.82, 2.24) is 0 Å². The summed E-state index contributed by atoms with van der Waals surface area (Å²) in [6, 6.07) is 52.1. The molecule has 0 spiro atoms. The van der Waals surface area contributed by atoms with Crippen LogP contribution in [0.15, 0.2) is 146 Å². The molecule has 0 amide bonds. The van der Waals surface area contributed by atoms with Crippen LogP contribution < -0.4 is 9.80 Å². The molecule has 0 saturated heterocycles. The fourth-order valence-electron chi connectivity index (χ4n) is 5.69. The number of aryl methyl sites for hydroxylation is 2. The first kappa shape index (κ1) is 25.1. The highest BCUT2D eigenvalue weighted by molar-refractivity contribution is 7.25. The number of anilines is 6. The molecule has 0 atom stereocenters. The zero-order chi connectivity index (χ0) is 27.8.